The highest BCUT2D eigenvalue weighted by Gasteiger charge is 2.54. The van der Waals surface area contributed by atoms with Crippen LogP contribution in [0.5, 0.6) is 0 Å². The van der Waals surface area contributed by atoms with Gasteiger partial charge in [0.1, 0.15) is 0 Å². The number of nitrogens with one attached hydrogen (secondary N) is 2. The summed E-state index contributed by atoms with van der Waals surface area (Å²) in [7, 11) is 0. The molecule has 2 aliphatic heterocycles. The van der Waals surface area contributed by atoms with Crippen LogP contribution in [0, 0.1) is 0 Å². The van der Waals surface area contributed by atoms with Gasteiger partial charge < -0.3 is 10.6 Å². The lowest BCUT2D eigenvalue weighted by molar-refractivity contribution is 0.214. The maximum atomic E-state index is 3.91. The van der Waals surface area contributed by atoms with Crippen molar-refractivity contribution in [2.24, 2.45) is 0 Å². The molecule has 4 atom stereocenters. The SMILES string of the molecule is C[C@@]12CCCC[C@]1(C)Nc1ccc(-c3ccc4c(c3)[C@]3(C)CCCC[C@]3(C)N4)cc12. The summed E-state index contributed by atoms with van der Waals surface area (Å²) in [6.45, 7) is 9.88. The highest BCUT2D eigenvalue weighted by molar-refractivity contribution is 5.77. The summed E-state index contributed by atoms with van der Waals surface area (Å²) < 4.78 is 0. The smallest absolute Gasteiger partial charge is 0.0440 e. The molecule has 158 valence electrons. The van der Waals surface area contributed by atoms with Crippen molar-refractivity contribution < 1.29 is 0 Å². The van der Waals surface area contributed by atoms with Gasteiger partial charge in [0, 0.05) is 33.3 Å². The van der Waals surface area contributed by atoms with Gasteiger partial charge in [-0.25, -0.2) is 0 Å². The van der Waals surface area contributed by atoms with Gasteiger partial charge in [0.05, 0.1) is 0 Å². The second-order valence-corrected chi connectivity index (χ2v) is 11.5. The first-order valence-corrected chi connectivity index (χ1v) is 12.1. The molecule has 6 rings (SSSR count). The zero-order chi connectivity index (χ0) is 20.8. The Morgan fingerprint density at radius 3 is 1.40 bits per heavy atom. The van der Waals surface area contributed by atoms with Crippen LogP contribution in [-0.2, 0) is 10.8 Å². The van der Waals surface area contributed by atoms with Gasteiger partial charge in [-0.15, -0.1) is 0 Å². The van der Waals surface area contributed by atoms with Crippen LogP contribution in [0.1, 0.15) is 90.2 Å². The minimum absolute atomic E-state index is 0.200. The number of rotatable bonds is 1. The third-order valence-corrected chi connectivity index (χ3v) is 10.0. The fourth-order valence-corrected chi connectivity index (χ4v) is 7.46. The van der Waals surface area contributed by atoms with Crippen LogP contribution in [0.25, 0.3) is 11.1 Å². The lowest BCUT2D eigenvalue weighted by Gasteiger charge is -2.45. The van der Waals surface area contributed by atoms with Crippen molar-refractivity contribution >= 4 is 11.4 Å². The summed E-state index contributed by atoms with van der Waals surface area (Å²) in [6, 6.07) is 14.4. The Morgan fingerprint density at radius 1 is 0.567 bits per heavy atom. The van der Waals surface area contributed by atoms with E-state index >= 15 is 0 Å². The van der Waals surface area contributed by atoms with Crippen LogP contribution >= 0.6 is 0 Å². The number of benzene rings is 2. The molecule has 2 aromatic rings. The maximum absolute atomic E-state index is 3.91. The molecule has 0 saturated heterocycles. The second kappa shape index (κ2) is 5.84. The topological polar surface area (TPSA) is 24.1 Å². The first-order valence-electron chi connectivity index (χ1n) is 12.1. The number of fused-ring (bicyclic) bond motifs is 6. The number of anilines is 2. The summed E-state index contributed by atoms with van der Waals surface area (Å²) in [5.74, 6) is 0. The fourth-order valence-electron chi connectivity index (χ4n) is 7.46. The third-order valence-electron chi connectivity index (χ3n) is 10.0. The Bertz CT molecular complexity index is 957. The van der Waals surface area contributed by atoms with Crippen molar-refractivity contribution in [2.75, 3.05) is 10.6 Å². The molecule has 2 nitrogen and oxygen atoms in total. The molecule has 2 heterocycles. The van der Waals surface area contributed by atoms with E-state index in [0.29, 0.717) is 0 Å². The molecule has 0 radical (unpaired) electrons. The normalized spacial score (nSPS) is 38.7. The molecule has 2 fully saturated rings. The minimum Gasteiger partial charge on any atom is -0.379 e. The summed E-state index contributed by atoms with van der Waals surface area (Å²) in [4.78, 5) is 0. The Labute approximate surface area is 181 Å². The molecule has 30 heavy (non-hydrogen) atoms. The van der Waals surface area contributed by atoms with Crippen molar-refractivity contribution in [1.29, 1.82) is 0 Å². The molecule has 0 aromatic heterocycles. The Hall–Kier alpha value is -1.96. The molecule has 0 bridgehead atoms. The van der Waals surface area contributed by atoms with E-state index in [1.54, 1.807) is 0 Å². The summed E-state index contributed by atoms with van der Waals surface area (Å²) in [5, 5.41) is 7.82. The molecule has 2 aliphatic carbocycles. The van der Waals surface area contributed by atoms with Crippen LogP contribution in [-0.4, -0.2) is 11.1 Å². The van der Waals surface area contributed by atoms with Crippen LogP contribution in [0.4, 0.5) is 11.4 Å². The molecule has 0 spiro atoms. The lowest BCUT2D eigenvalue weighted by Crippen LogP contribution is -2.50. The van der Waals surface area contributed by atoms with Gasteiger partial charge in [-0.3, -0.25) is 0 Å². The van der Waals surface area contributed by atoms with Crippen molar-refractivity contribution in [3.63, 3.8) is 0 Å². The molecule has 0 unspecified atom stereocenters. The van der Waals surface area contributed by atoms with E-state index in [1.807, 2.05) is 0 Å². The average Bonchev–Trinajstić information content (AvgIpc) is 3.11. The van der Waals surface area contributed by atoms with Crippen molar-refractivity contribution in [3.05, 3.63) is 47.5 Å². The van der Waals surface area contributed by atoms with Crippen LogP contribution in [0.2, 0.25) is 0 Å². The number of hydrogen-bond donors (Lipinski definition) is 2. The maximum Gasteiger partial charge on any atom is 0.0440 e. The van der Waals surface area contributed by atoms with Crippen molar-refractivity contribution in [3.8, 4) is 11.1 Å². The van der Waals surface area contributed by atoms with Gasteiger partial charge in [-0.1, -0.05) is 51.7 Å². The van der Waals surface area contributed by atoms with E-state index in [2.05, 4.69) is 74.7 Å². The highest BCUT2D eigenvalue weighted by atomic mass is 15.1. The zero-order valence-electron chi connectivity index (χ0n) is 19.1. The van der Waals surface area contributed by atoms with Gasteiger partial charge in [-0.05, 0) is 86.1 Å². The Morgan fingerprint density at radius 2 is 0.967 bits per heavy atom. The Balaban J connectivity index is 1.44. The van der Waals surface area contributed by atoms with Crippen molar-refractivity contribution in [2.45, 2.75) is 101 Å². The molecule has 2 aromatic carbocycles. The predicted molar refractivity (Wildman–Crippen MR) is 128 cm³/mol. The van der Waals surface area contributed by atoms with E-state index in [9.17, 15) is 0 Å². The van der Waals surface area contributed by atoms with E-state index in [-0.39, 0.29) is 21.9 Å². The van der Waals surface area contributed by atoms with Crippen molar-refractivity contribution in [1.82, 2.24) is 0 Å². The molecule has 0 amide bonds. The number of hydrogen-bond acceptors (Lipinski definition) is 2. The van der Waals surface area contributed by atoms with E-state index in [4.69, 9.17) is 0 Å². The predicted octanol–water partition coefficient (Wildman–Crippen LogP) is 7.39. The van der Waals surface area contributed by atoms with Crippen LogP contribution < -0.4 is 10.6 Å². The van der Waals surface area contributed by atoms with E-state index in [0.717, 1.165) is 0 Å². The quantitative estimate of drug-likeness (QED) is 0.521. The van der Waals surface area contributed by atoms with E-state index in [1.165, 1.54) is 85.0 Å². The fraction of sp³-hybridized carbons (Fsp3) is 0.571. The molecular formula is C28H36N2. The largest absolute Gasteiger partial charge is 0.379 e. The van der Waals surface area contributed by atoms with Gasteiger partial charge in [-0.2, -0.15) is 0 Å². The monoisotopic (exact) mass is 400 g/mol. The first-order chi connectivity index (χ1) is 14.3. The molecule has 4 aliphatic rings. The highest BCUT2D eigenvalue weighted by Crippen LogP contribution is 2.57. The van der Waals surface area contributed by atoms with Crippen LogP contribution in [0.15, 0.2) is 36.4 Å². The summed E-state index contributed by atoms with van der Waals surface area (Å²) in [6.07, 6.45) is 10.5. The Kier molecular flexibility index (Phi) is 3.65. The van der Waals surface area contributed by atoms with E-state index < -0.39 is 0 Å². The van der Waals surface area contributed by atoms with Crippen LogP contribution in [0.3, 0.4) is 0 Å². The first kappa shape index (κ1) is 18.8. The molecule has 2 N–H and O–H groups in total. The third kappa shape index (κ3) is 2.21. The molecule has 2 saturated carbocycles. The summed E-state index contributed by atoms with van der Waals surface area (Å²) >= 11 is 0. The lowest BCUT2D eigenvalue weighted by atomic mass is 9.61. The average molecular weight is 401 g/mol. The molecular weight excluding hydrogens is 364 g/mol. The summed E-state index contributed by atoms with van der Waals surface area (Å²) in [5.41, 5.74) is 9.43. The minimum atomic E-state index is 0.200. The second-order valence-electron chi connectivity index (χ2n) is 11.5. The molecule has 2 heteroatoms. The zero-order valence-corrected chi connectivity index (χ0v) is 19.1. The van der Waals surface area contributed by atoms with Gasteiger partial charge in [0.2, 0.25) is 0 Å². The standard InChI is InChI=1S/C28H36N2/c1-25-13-5-7-15-27(25,3)29-23-11-9-19(17-21(23)25)20-10-12-24-22(18-20)26(2)14-6-8-16-28(26,4)30-24/h9-12,17-18,29-30H,5-8,13-16H2,1-4H3/t25-,26-,27-,28-/m0/s1. The van der Waals surface area contributed by atoms with Gasteiger partial charge >= 0.3 is 0 Å². The van der Waals surface area contributed by atoms with Gasteiger partial charge in [0.15, 0.2) is 0 Å². The van der Waals surface area contributed by atoms with Gasteiger partial charge in [0.25, 0.3) is 0 Å².